The van der Waals surface area contributed by atoms with E-state index in [1.54, 1.807) is 0 Å². The standard InChI is InChI=1S/C22H37BN2O4.2ClH/c1-17(2)10-14-25-16-19-8-4-3-7-18(19)15-20(25)9-12-22(24,21(26)27)11-5-6-13-23(28)29;;/h3-4,7-8,17,20,28-29H,5-6,9-16,24H2,1-2H3,(H,26,27);2*1H. The number of hydrogen-bond acceptors (Lipinski definition) is 5. The highest BCUT2D eigenvalue weighted by atomic mass is 35.5. The second-order valence-corrected chi connectivity index (χ2v) is 9.01. The van der Waals surface area contributed by atoms with Gasteiger partial charge in [0.15, 0.2) is 0 Å². The summed E-state index contributed by atoms with van der Waals surface area (Å²) in [5, 5.41) is 27.7. The van der Waals surface area contributed by atoms with Gasteiger partial charge in [-0.1, -0.05) is 51.0 Å². The number of rotatable bonds is 12. The number of aliphatic carboxylic acids is 1. The predicted molar refractivity (Wildman–Crippen MR) is 131 cm³/mol. The summed E-state index contributed by atoms with van der Waals surface area (Å²) in [6.45, 7) is 6.37. The number of carboxylic acids is 1. The minimum absolute atomic E-state index is 0. The minimum atomic E-state index is -1.34. The zero-order chi connectivity index (χ0) is 21.4. The van der Waals surface area contributed by atoms with E-state index in [1.165, 1.54) is 11.1 Å². The fourth-order valence-electron chi connectivity index (χ4n) is 4.14. The SMILES string of the molecule is CC(C)CCN1Cc2ccccc2CC1CCC(N)(CCCCB(O)O)C(=O)O.Cl.Cl. The van der Waals surface area contributed by atoms with Crippen LogP contribution >= 0.6 is 24.8 Å². The van der Waals surface area contributed by atoms with Crippen LogP contribution in [0.2, 0.25) is 6.32 Å². The number of carbonyl (C=O) groups is 1. The van der Waals surface area contributed by atoms with E-state index in [4.69, 9.17) is 15.8 Å². The third kappa shape index (κ3) is 9.68. The number of halogens is 2. The van der Waals surface area contributed by atoms with Gasteiger partial charge < -0.3 is 20.9 Å². The smallest absolute Gasteiger partial charge is 0.451 e. The Labute approximate surface area is 199 Å². The van der Waals surface area contributed by atoms with E-state index in [0.717, 1.165) is 32.4 Å². The number of hydrogen-bond donors (Lipinski definition) is 4. The molecule has 0 fully saturated rings. The summed E-state index contributed by atoms with van der Waals surface area (Å²) in [5.41, 5.74) is 7.75. The molecule has 0 aliphatic carbocycles. The lowest BCUT2D eigenvalue weighted by Gasteiger charge is -2.39. The van der Waals surface area contributed by atoms with E-state index >= 15 is 0 Å². The molecule has 0 saturated heterocycles. The Kier molecular flexibility index (Phi) is 14.0. The molecule has 1 aromatic carbocycles. The average molecular weight is 477 g/mol. The molecule has 1 heterocycles. The molecule has 1 aromatic rings. The van der Waals surface area contributed by atoms with Gasteiger partial charge in [-0.15, -0.1) is 24.8 Å². The molecule has 2 atom stereocenters. The van der Waals surface area contributed by atoms with Gasteiger partial charge in [-0.25, -0.2) is 0 Å². The molecule has 1 aliphatic heterocycles. The zero-order valence-corrected chi connectivity index (χ0v) is 20.3. The van der Waals surface area contributed by atoms with Crippen LogP contribution < -0.4 is 5.73 Å². The van der Waals surface area contributed by atoms with Gasteiger partial charge >= 0.3 is 13.1 Å². The van der Waals surface area contributed by atoms with Crippen molar-refractivity contribution in [3.05, 3.63) is 35.4 Å². The maximum absolute atomic E-state index is 11.9. The molecular formula is C22H39BCl2N2O4. The number of nitrogens with zero attached hydrogens (tertiary/aromatic N) is 1. The van der Waals surface area contributed by atoms with Crippen LogP contribution in [0.5, 0.6) is 0 Å². The molecule has 1 aliphatic rings. The van der Waals surface area contributed by atoms with Crippen LogP contribution in [0.25, 0.3) is 0 Å². The second-order valence-electron chi connectivity index (χ2n) is 9.01. The van der Waals surface area contributed by atoms with E-state index in [1.807, 2.05) is 0 Å². The number of benzene rings is 1. The van der Waals surface area contributed by atoms with Crippen LogP contribution in [0.1, 0.15) is 63.5 Å². The van der Waals surface area contributed by atoms with Gasteiger partial charge in [0.05, 0.1) is 0 Å². The predicted octanol–water partition coefficient (Wildman–Crippen LogP) is 3.51. The van der Waals surface area contributed by atoms with Gasteiger partial charge in [0.1, 0.15) is 5.54 Å². The number of carboxylic acid groups (broad SMARTS) is 1. The van der Waals surface area contributed by atoms with Gasteiger partial charge in [-0.2, -0.15) is 0 Å². The molecule has 0 bridgehead atoms. The monoisotopic (exact) mass is 476 g/mol. The van der Waals surface area contributed by atoms with E-state index < -0.39 is 18.6 Å². The zero-order valence-electron chi connectivity index (χ0n) is 18.7. The average Bonchev–Trinajstić information content (AvgIpc) is 2.67. The number of fused-ring (bicyclic) bond motifs is 1. The van der Waals surface area contributed by atoms with Crippen molar-refractivity contribution >= 4 is 37.9 Å². The van der Waals surface area contributed by atoms with Crippen LogP contribution in [-0.2, 0) is 17.8 Å². The molecule has 0 saturated carbocycles. The molecule has 2 rings (SSSR count). The van der Waals surface area contributed by atoms with Crippen LogP contribution in [0.4, 0.5) is 0 Å². The topological polar surface area (TPSA) is 107 Å². The lowest BCUT2D eigenvalue weighted by atomic mass is 9.80. The van der Waals surface area contributed by atoms with Crippen LogP contribution in [0.3, 0.4) is 0 Å². The Morgan fingerprint density at radius 1 is 1.19 bits per heavy atom. The van der Waals surface area contributed by atoms with Gasteiger partial charge in [0.2, 0.25) is 0 Å². The van der Waals surface area contributed by atoms with Crippen molar-refractivity contribution < 1.29 is 19.9 Å². The molecule has 9 heteroatoms. The molecule has 178 valence electrons. The van der Waals surface area contributed by atoms with E-state index in [0.29, 0.717) is 37.6 Å². The largest absolute Gasteiger partial charge is 0.480 e. The van der Waals surface area contributed by atoms with Crippen molar-refractivity contribution in [2.24, 2.45) is 11.7 Å². The number of nitrogens with two attached hydrogens (primary N) is 1. The van der Waals surface area contributed by atoms with E-state index in [2.05, 4.69) is 43.0 Å². The van der Waals surface area contributed by atoms with Gasteiger partial charge in [0.25, 0.3) is 0 Å². The Morgan fingerprint density at radius 3 is 2.42 bits per heavy atom. The van der Waals surface area contributed by atoms with Crippen molar-refractivity contribution in [2.75, 3.05) is 6.54 Å². The Bertz CT molecular complexity index is 666. The van der Waals surface area contributed by atoms with Gasteiger partial charge in [-0.05, 0) is 62.0 Å². The second kappa shape index (κ2) is 14.3. The maximum Gasteiger partial charge on any atom is 0.451 e. The summed E-state index contributed by atoms with van der Waals surface area (Å²) in [7, 11) is -1.34. The summed E-state index contributed by atoms with van der Waals surface area (Å²) < 4.78 is 0. The summed E-state index contributed by atoms with van der Waals surface area (Å²) >= 11 is 0. The molecular weight excluding hydrogens is 438 g/mol. The quantitative estimate of drug-likeness (QED) is 0.271. The lowest BCUT2D eigenvalue weighted by molar-refractivity contribution is -0.144. The summed E-state index contributed by atoms with van der Waals surface area (Å²) in [6, 6.07) is 8.81. The summed E-state index contributed by atoms with van der Waals surface area (Å²) in [6.07, 6.45) is 4.96. The normalized spacial score (nSPS) is 17.8. The Hall–Kier alpha value is -0.825. The summed E-state index contributed by atoms with van der Waals surface area (Å²) in [4.78, 5) is 14.4. The first kappa shape index (κ1) is 30.2. The Balaban J connectivity index is 0.00000450. The van der Waals surface area contributed by atoms with Crippen molar-refractivity contribution in [1.29, 1.82) is 0 Å². The van der Waals surface area contributed by atoms with E-state index in [-0.39, 0.29) is 31.1 Å². The molecule has 0 aromatic heterocycles. The first-order valence-electron chi connectivity index (χ1n) is 10.9. The fraction of sp³-hybridized carbons (Fsp3) is 0.682. The molecule has 6 nitrogen and oxygen atoms in total. The van der Waals surface area contributed by atoms with Crippen LogP contribution in [0, 0.1) is 5.92 Å². The third-order valence-electron chi connectivity index (χ3n) is 6.14. The molecule has 0 spiro atoms. The van der Waals surface area contributed by atoms with Gasteiger partial charge in [0, 0.05) is 12.6 Å². The first-order chi connectivity index (χ1) is 13.7. The van der Waals surface area contributed by atoms with E-state index in [9.17, 15) is 9.90 Å². The fourth-order valence-corrected chi connectivity index (χ4v) is 4.14. The van der Waals surface area contributed by atoms with Crippen molar-refractivity contribution in [2.45, 2.75) is 83.2 Å². The van der Waals surface area contributed by atoms with Gasteiger partial charge in [-0.3, -0.25) is 9.69 Å². The minimum Gasteiger partial charge on any atom is -0.480 e. The molecule has 31 heavy (non-hydrogen) atoms. The molecule has 0 amide bonds. The van der Waals surface area contributed by atoms with Crippen molar-refractivity contribution in [3.8, 4) is 0 Å². The number of unbranched alkanes of at least 4 members (excludes halogenated alkanes) is 1. The van der Waals surface area contributed by atoms with Crippen LogP contribution in [-0.4, -0.2) is 51.3 Å². The highest BCUT2D eigenvalue weighted by molar-refractivity contribution is 6.40. The molecule has 2 unspecified atom stereocenters. The Morgan fingerprint density at radius 2 is 1.84 bits per heavy atom. The molecule has 0 radical (unpaired) electrons. The lowest BCUT2D eigenvalue weighted by Crippen LogP contribution is -2.50. The van der Waals surface area contributed by atoms with Crippen LogP contribution in [0.15, 0.2) is 24.3 Å². The molecule has 5 N–H and O–H groups in total. The first-order valence-corrected chi connectivity index (χ1v) is 10.9. The summed E-state index contributed by atoms with van der Waals surface area (Å²) in [5.74, 6) is -0.339. The maximum atomic E-state index is 11.9. The highest BCUT2D eigenvalue weighted by Gasteiger charge is 2.35. The van der Waals surface area contributed by atoms with Crippen molar-refractivity contribution in [1.82, 2.24) is 4.90 Å². The highest BCUT2D eigenvalue weighted by Crippen LogP contribution is 2.29. The van der Waals surface area contributed by atoms with Crippen molar-refractivity contribution in [3.63, 3.8) is 0 Å². The third-order valence-corrected chi connectivity index (χ3v) is 6.14.